The minimum absolute atomic E-state index is 0.0368. The van der Waals surface area contributed by atoms with Crippen molar-refractivity contribution >= 4 is 34.8 Å². The van der Waals surface area contributed by atoms with E-state index in [-0.39, 0.29) is 22.9 Å². The summed E-state index contributed by atoms with van der Waals surface area (Å²) in [6.07, 6.45) is 2.78. The van der Waals surface area contributed by atoms with Crippen LogP contribution in [0.15, 0.2) is 35.0 Å². The number of nitrogens with zero attached hydrogens (tertiary/aromatic N) is 7. The summed E-state index contributed by atoms with van der Waals surface area (Å²) in [5, 5.41) is 10.1. The lowest BCUT2D eigenvalue weighted by molar-refractivity contribution is 0.0744. The van der Waals surface area contributed by atoms with Crippen molar-refractivity contribution in [2.24, 2.45) is 0 Å². The predicted octanol–water partition coefficient (Wildman–Crippen LogP) is 2.16. The van der Waals surface area contributed by atoms with E-state index in [0.29, 0.717) is 48.6 Å². The fourth-order valence-corrected chi connectivity index (χ4v) is 3.41. The molecule has 0 saturated carbocycles. The summed E-state index contributed by atoms with van der Waals surface area (Å²) in [5.41, 5.74) is 1.46. The first-order chi connectivity index (χ1) is 14.6. The Labute approximate surface area is 173 Å². The van der Waals surface area contributed by atoms with Crippen molar-refractivity contribution in [3.05, 3.63) is 47.1 Å². The van der Waals surface area contributed by atoms with Gasteiger partial charge in [0.15, 0.2) is 11.4 Å². The Morgan fingerprint density at radius 2 is 2.03 bits per heavy atom. The Hall–Kier alpha value is -3.60. The third-order valence-electron chi connectivity index (χ3n) is 4.79. The quantitative estimate of drug-likeness (QED) is 0.493. The number of aromatic amines is 1. The SMILES string of the molecule is O=C(c1cnc(-c2c[nH]nn2)c(F)c1)N1CCN(c2nc3nc(Cl)ccc3o2)CC1. The second-order valence-corrected chi connectivity index (χ2v) is 7.03. The molecule has 4 aromatic heterocycles. The molecule has 1 aliphatic rings. The highest BCUT2D eigenvalue weighted by Gasteiger charge is 2.26. The zero-order chi connectivity index (χ0) is 20.7. The van der Waals surface area contributed by atoms with Gasteiger partial charge in [-0.15, -0.1) is 5.10 Å². The fourth-order valence-electron chi connectivity index (χ4n) is 3.26. The van der Waals surface area contributed by atoms with E-state index < -0.39 is 5.82 Å². The maximum absolute atomic E-state index is 14.4. The van der Waals surface area contributed by atoms with Crippen molar-refractivity contribution in [2.45, 2.75) is 0 Å². The highest BCUT2D eigenvalue weighted by Crippen LogP contribution is 2.24. The number of anilines is 1. The zero-order valence-corrected chi connectivity index (χ0v) is 16.2. The molecule has 0 spiro atoms. The van der Waals surface area contributed by atoms with Gasteiger partial charge in [0.1, 0.15) is 16.5 Å². The van der Waals surface area contributed by atoms with Crippen molar-refractivity contribution in [2.75, 3.05) is 31.1 Å². The van der Waals surface area contributed by atoms with Crippen molar-refractivity contribution in [1.29, 1.82) is 0 Å². The van der Waals surface area contributed by atoms with Crippen LogP contribution in [0.2, 0.25) is 5.15 Å². The molecule has 1 fully saturated rings. The first kappa shape index (κ1) is 18.4. The van der Waals surface area contributed by atoms with Gasteiger partial charge in [0.05, 0.1) is 11.8 Å². The molecule has 0 unspecified atom stereocenters. The van der Waals surface area contributed by atoms with Crippen LogP contribution in [0.3, 0.4) is 0 Å². The average Bonchev–Trinajstić information content (AvgIpc) is 3.43. The van der Waals surface area contributed by atoms with Gasteiger partial charge < -0.3 is 14.2 Å². The van der Waals surface area contributed by atoms with Gasteiger partial charge in [-0.3, -0.25) is 14.9 Å². The Balaban J connectivity index is 1.28. The number of hydrogen-bond donors (Lipinski definition) is 1. The summed E-state index contributed by atoms with van der Waals surface area (Å²) in [5.74, 6) is -0.926. The van der Waals surface area contributed by atoms with Crippen molar-refractivity contribution in [3.8, 4) is 11.4 Å². The van der Waals surface area contributed by atoms with E-state index in [0.717, 1.165) is 0 Å². The lowest BCUT2D eigenvalue weighted by atomic mass is 10.2. The van der Waals surface area contributed by atoms with Gasteiger partial charge in [-0.25, -0.2) is 9.37 Å². The predicted molar refractivity (Wildman–Crippen MR) is 105 cm³/mol. The van der Waals surface area contributed by atoms with Crippen LogP contribution in [0.25, 0.3) is 22.6 Å². The minimum Gasteiger partial charge on any atom is -0.422 e. The Kier molecular flexibility index (Phi) is 4.51. The summed E-state index contributed by atoms with van der Waals surface area (Å²) in [6, 6.07) is 4.94. The number of aromatic nitrogens is 6. The Morgan fingerprint density at radius 1 is 1.20 bits per heavy atom. The Morgan fingerprint density at radius 3 is 2.77 bits per heavy atom. The number of carbonyl (C=O) groups is 1. The zero-order valence-electron chi connectivity index (χ0n) is 15.4. The molecule has 0 atom stereocenters. The lowest BCUT2D eigenvalue weighted by Gasteiger charge is -2.33. The minimum atomic E-state index is -0.633. The van der Waals surface area contributed by atoms with E-state index >= 15 is 0 Å². The average molecular weight is 429 g/mol. The number of nitrogens with one attached hydrogen (secondary N) is 1. The Bertz CT molecular complexity index is 1220. The molecule has 1 saturated heterocycles. The van der Waals surface area contributed by atoms with Crippen LogP contribution in [0.5, 0.6) is 0 Å². The van der Waals surface area contributed by atoms with Gasteiger partial charge in [0.2, 0.25) is 5.65 Å². The molecule has 4 aromatic rings. The van der Waals surface area contributed by atoms with Crippen LogP contribution in [-0.2, 0) is 0 Å². The molecular formula is C18H14ClFN8O2. The van der Waals surface area contributed by atoms with Gasteiger partial charge in [-0.05, 0) is 18.2 Å². The van der Waals surface area contributed by atoms with Gasteiger partial charge >= 0.3 is 0 Å². The normalized spacial score (nSPS) is 14.5. The van der Waals surface area contributed by atoms with Crippen molar-refractivity contribution in [3.63, 3.8) is 0 Å². The molecular weight excluding hydrogens is 415 g/mol. The van der Waals surface area contributed by atoms with Crippen LogP contribution in [0, 0.1) is 5.82 Å². The highest BCUT2D eigenvalue weighted by molar-refractivity contribution is 6.29. The largest absolute Gasteiger partial charge is 0.422 e. The van der Waals surface area contributed by atoms with Crippen LogP contribution >= 0.6 is 11.6 Å². The van der Waals surface area contributed by atoms with E-state index in [4.69, 9.17) is 16.0 Å². The van der Waals surface area contributed by atoms with Crippen LogP contribution in [0.1, 0.15) is 10.4 Å². The summed E-state index contributed by atoms with van der Waals surface area (Å²) in [6.45, 7) is 1.88. The van der Waals surface area contributed by atoms with Crippen molar-refractivity contribution in [1.82, 2.24) is 35.3 Å². The van der Waals surface area contributed by atoms with Gasteiger partial charge in [0.25, 0.3) is 11.9 Å². The number of pyridine rings is 2. The van der Waals surface area contributed by atoms with Gasteiger partial charge in [-0.2, -0.15) is 4.98 Å². The van der Waals surface area contributed by atoms with Gasteiger partial charge in [-0.1, -0.05) is 16.8 Å². The molecule has 0 aliphatic carbocycles. The first-order valence-electron chi connectivity index (χ1n) is 9.08. The second-order valence-electron chi connectivity index (χ2n) is 6.64. The number of fused-ring (bicyclic) bond motifs is 1. The summed E-state index contributed by atoms with van der Waals surface area (Å²) in [4.78, 5) is 28.9. The lowest BCUT2D eigenvalue weighted by Crippen LogP contribution is -2.49. The summed E-state index contributed by atoms with van der Waals surface area (Å²) < 4.78 is 20.1. The maximum Gasteiger partial charge on any atom is 0.300 e. The molecule has 10 nitrogen and oxygen atoms in total. The molecule has 0 bridgehead atoms. The number of rotatable bonds is 3. The molecule has 1 aliphatic heterocycles. The van der Waals surface area contributed by atoms with E-state index in [2.05, 4.69) is 30.4 Å². The fraction of sp³-hybridized carbons (Fsp3) is 0.222. The molecule has 0 aromatic carbocycles. The van der Waals surface area contributed by atoms with Crippen molar-refractivity contribution < 1.29 is 13.6 Å². The summed E-state index contributed by atoms with van der Waals surface area (Å²) in [7, 11) is 0. The number of H-pyrrole nitrogens is 1. The number of oxazole rings is 1. The maximum atomic E-state index is 14.4. The molecule has 152 valence electrons. The molecule has 1 N–H and O–H groups in total. The van der Waals surface area contributed by atoms with E-state index in [1.165, 1.54) is 18.5 Å². The van der Waals surface area contributed by atoms with Crippen LogP contribution < -0.4 is 4.90 Å². The number of hydrogen-bond acceptors (Lipinski definition) is 8. The third kappa shape index (κ3) is 3.32. The number of piperazine rings is 1. The highest BCUT2D eigenvalue weighted by atomic mass is 35.5. The monoisotopic (exact) mass is 428 g/mol. The van der Waals surface area contributed by atoms with E-state index in [1.807, 2.05) is 4.90 Å². The van der Waals surface area contributed by atoms with Crippen LogP contribution in [0.4, 0.5) is 10.4 Å². The number of carbonyl (C=O) groups excluding carboxylic acids is 1. The van der Waals surface area contributed by atoms with E-state index in [9.17, 15) is 9.18 Å². The smallest absolute Gasteiger partial charge is 0.300 e. The molecule has 1 amide bonds. The molecule has 12 heteroatoms. The van der Waals surface area contributed by atoms with Gasteiger partial charge in [0, 0.05) is 32.4 Å². The second kappa shape index (κ2) is 7.34. The van der Waals surface area contributed by atoms with Crippen LogP contribution in [-0.4, -0.2) is 67.3 Å². The summed E-state index contributed by atoms with van der Waals surface area (Å²) >= 11 is 5.89. The van der Waals surface area contributed by atoms with E-state index in [1.54, 1.807) is 17.0 Å². The third-order valence-corrected chi connectivity index (χ3v) is 5.00. The number of halogens is 2. The number of amides is 1. The standard InChI is InChI=1S/C18H14ClFN8O2/c19-14-2-1-13-16(23-14)24-18(30-13)28-5-3-27(4-6-28)17(29)10-7-11(20)15(21-8-10)12-9-22-26-25-12/h1-2,7-9H,3-6H2,(H,22,25,26). The molecule has 30 heavy (non-hydrogen) atoms. The molecule has 0 radical (unpaired) electrons. The molecule has 5 rings (SSSR count). The molecule has 5 heterocycles. The first-order valence-corrected chi connectivity index (χ1v) is 9.46. The topological polar surface area (TPSA) is 117 Å².